The third kappa shape index (κ3) is 1.53. The topological polar surface area (TPSA) is 12.9 Å². The molecule has 0 fully saturated rings. The highest BCUT2D eigenvalue weighted by atomic mass is 32.1. The molecule has 1 aromatic heterocycles. The number of aromatic nitrogens is 1. The molecule has 0 bridgehead atoms. The van der Waals surface area contributed by atoms with Gasteiger partial charge in [-0.15, -0.1) is 11.3 Å². The number of aryl methyl sites for hydroxylation is 3. The summed E-state index contributed by atoms with van der Waals surface area (Å²) < 4.78 is 0. The molecule has 0 saturated carbocycles. The van der Waals surface area contributed by atoms with E-state index in [-0.39, 0.29) is 0 Å². The summed E-state index contributed by atoms with van der Waals surface area (Å²) in [4.78, 5) is 6.12. The molecule has 0 saturated heterocycles. The van der Waals surface area contributed by atoms with E-state index in [1.54, 1.807) is 4.88 Å². The minimum absolute atomic E-state index is 0.895. The molecule has 2 rings (SSSR count). The molecule has 0 aromatic carbocycles. The Bertz CT molecular complexity index is 252. The molecule has 1 atom stereocenters. The van der Waals surface area contributed by atoms with Crippen LogP contribution in [0.4, 0.5) is 0 Å². The lowest BCUT2D eigenvalue weighted by Crippen LogP contribution is -1.93. The van der Waals surface area contributed by atoms with Crippen LogP contribution in [0.2, 0.25) is 0 Å². The van der Waals surface area contributed by atoms with Crippen LogP contribution in [0.15, 0.2) is 0 Å². The summed E-state index contributed by atoms with van der Waals surface area (Å²) >= 11 is 1.89. The second-order valence-corrected chi connectivity index (χ2v) is 5.07. The minimum Gasteiger partial charge on any atom is -0.246 e. The average molecular weight is 181 g/mol. The monoisotopic (exact) mass is 181 g/mol. The fraction of sp³-hybridized carbons (Fsp3) is 0.700. The summed E-state index contributed by atoms with van der Waals surface area (Å²) in [5, 5.41) is 1.24. The first kappa shape index (κ1) is 8.24. The van der Waals surface area contributed by atoms with Crippen molar-refractivity contribution in [1.82, 2.24) is 4.98 Å². The standard InChI is InChI=1S/C10H15NS/c1-7-3-5-9-10(6-4-7)12-8(2)11-9/h7H,3-6H2,1-2H3. The van der Waals surface area contributed by atoms with Crippen molar-refractivity contribution >= 4 is 11.3 Å². The maximum absolute atomic E-state index is 4.56. The van der Waals surface area contributed by atoms with Gasteiger partial charge >= 0.3 is 0 Å². The summed E-state index contributed by atoms with van der Waals surface area (Å²) in [6.07, 6.45) is 5.16. The number of thiazole rings is 1. The van der Waals surface area contributed by atoms with Crippen LogP contribution >= 0.6 is 11.3 Å². The smallest absolute Gasteiger partial charge is 0.0900 e. The predicted octanol–water partition coefficient (Wildman–Crippen LogP) is 2.97. The van der Waals surface area contributed by atoms with Crippen LogP contribution < -0.4 is 0 Å². The molecule has 0 spiro atoms. The molecule has 1 nitrogen and oxygen atoms in total. The van der Waals surface area contributed by atoms with Crippen LogP contribution in [0.25, 0.3) is 0 Å². The van der Waals surface area contributed by atoms with Gasteiger partial charge < -0.3 is 0 Å². The maximum atomic E-state index is 4.56. The molecule has 0 aliphatic heterocycles. The zero-order chi connectivity index (χ0) is 8.55. The largest absolute Gasteiger partial charge is 0.246 e. The first-order chi connectivity index (χ1) is 5.75. The van der Waals surface area contributed by atoms with Gasteiger partial charge in [-0.25, -0.2) is 4.98 Å². The number of rotatable bonds is 0. The number of hydrogen-bond donors (Lipinski definition) is 0. The predicted molar refractivity (Wildman–Crippen MR) is 52.7 cm³/mol. The molecule has 1 aliphatic carbocycles. The van der Waals surface area contributed by atoms with E-state index in [1.807, 2.05) is 11.3 Å². The molecular weight excluding hydrogens is 166 g/mol. The quantitative estimate of drug-likeness (QED) is 0.561. The lowest BCUT2D eigenvalue weighted by Gasteiger charge is -2.03. The normalized spacial score (nSPS) is 23.3. The fourth-order valence-electron chi connectivity index (χ4n) is 1.81. The minimum atomic E-state index is 0.895. The van der Waals surface area contributed by atoms with Gasteiger partial charge in [-0.05, 0) is 38.5 Å². The molecule has 66 valence electrons. The molecule has 2 heteroatoms. The van der Waals surface area contributed by atoms with Crippen LogP contribution in [0.1, 0.15) is 35.3 Å². The van der Waals surface area contributed by atoms with Gasteiger partial charge in [0.2, 0.25) is 0 Å². The Balaban J connectivity index is 2.24. The van der Waals surface area contributed by atoms with Crippen molar-refractivity contribution in [3.8, 4) is 0 Å². The molecule has 0 amide bonds. The Morgan fingerprint density at radius 3 is 2.92 bits per heavy atom. The van der Waals surface area contributed by atoms with Crippen LogP contribution in [-0.4, -0.2) is 4.98 Å². The van der Waals surface area contributed by atoms with Crippen LogP contribution in [0, 0.1) is 12.8 Å². The van der Waals surface area contributed by atoms with Crippen molar-refractivity contribution < 1.29 is 0 Å². The highest BCUT2D eigenvalue weighted by Gasteiger charge is 2.15. The second kappa shape index (κ2) is 3.17. The second-order valence-electron chi connectivity index (χ2n) is 3.79. The van der Waals surface area contributed by atoms with Gasteiger partial charge in [0.05, 0.1) is 10.7 Å². The van der Waals surface area contributed by atoms with Crippen molar-refractivity contribution in [3.05, 3.63) is 15.6 Å². The molecule has 0 N–H and O–H groups in total. The molecule has 1 aliphatic rings. The Hall–Kier alpha value is -0.370. The highest BCUT2D eigenvalue weighted by Crippen LogP contribution is 2.27. The third-order valence-corrected chi connectivity index (χ3v) is 3.70. The van der Waals surface area contributed by atoms with E-state index in [9.17, 15) is 0 Å². The zero-order valence-electron chi connectivity index (χ0n) is 7.76. The van der Waals surface area contributed by atoms with Crippen molar-refractivity contribution in [3.63, 3.8) is 0 Å². The molecular formula is C10H15NS. The maximum Gasteiger partial charge on any atom is 0.0900 e. The Morgan fingerprint density at radius 2 is 2.08 bits per heavy atom. The van der Waals surface area contributed by atoms with Gasteiger partial charge in [-0.1, -0.05) is 6.92 Å². The third-order valence-electron chi connectivity index (χ3n) is 2.62. The zero-order valence-corrected chi connectivity index (χ0v) is 8.58. The first-order valence-corrected chi connectivity index (χ1v) is 5.52. The summed E-state index contributed by atoms with van der Waals surface area (Å²) in [5.41, 5.74) is 1.39. The van der Waals surface area contributed by atoms with Gasteiger partial charge in [-0.3, -0.25) is 0 Å². The fourth-order valence-corrected chi connectivity index (χ4v) is 2.81. The first-order valence-electron chi connectivity index (χ1n) is 4.71. The van der Waals surface area contributed by atoms with Gasteiger partial charge in [0, 0.05) is 4.88 Å². The van der Waals surface area contributed by atoms with Crippen LogP contribution in [0.5, 0.6) is 0 Å². The van der Waals surface area contributed by atoms with E-state index in [4.69, 9.17) is 0 Å². The van der Waals surface area contributed by atoms with Gasteiger partial charge in [0.25, 0.3) is 0 Å². The Labute approximate surface area is 77.8 Å². The van der Waals surface area contributed by atoms with Crippen molar-refractivity contribution in [2.24, 2.45) is 5.92 Å². The summed E-state index contributed by atoms with van der Waals surface area (Å²) in [6.45, 7) is 4.46. The molecule has 12 heavy (non-hydrogen) atoms. The van der Waals surface area contributed by atoms with E-state index in [0.717, 1.165) is 5.92 Å². The van der Waals surface area contributed by atoms with Crippen molar-refractivity contribution in [2.45, 2.75) is 39.5 Å². The lowest BCUT2D eigenvalue weighted by molar-refractivity contribution is 0.509. The molecule has 0 radical (unpaired) electrons. The van der Waals surface area contributed by atoms with E-state index in [1.165, 1.54) is 36.4 Å². The molecule has 1 unspecified atom stereocenters. The van der Waals surface area contributed by atoms with E-state index >= 15 is 0 Å². The summed E-state index contributed by atoms with van der Waals surface area (Å²) in [5.74, 6) is 0.895. The van der Waals surface area contributed by atoms with E-state index in [0.29, 0.717) is 0 Å². The highest BCUT2D eigenvalue weighted by molar-refractivity contribution is 7.11. The summed E-state index contributed by atoms with van der Waals surface area (Å²) in [6, 6.07) is 0. The SMILES string of the molecule is Cc1nc2c(s1)CCC(C)CC2. The summed E-state index contributed by atoms with van der Waals surface area (Å²) in [7, 11) is 0. The Kier molecular flexibility index (Phi) is 2.18. The van der Waals surface area contributed by atoms with E-state index in [2.05, 4.69) is 18.8 Å². The van der Waals surface area contributed by atoms with E-state index < -0.39 is 0 Å². The van der Waals surface area contributed by atoms with Crippen LogP contribution in [0.3, 0.4) is 0 Å². The van der Waals surface area contributed by atoms with Gasteiger partial charge in [0.15, 0.2) is 0 Å². The number of nitrogens with zero attached hydrogens (tertiary/aromatic N) is 1. The van der Waals surface area contributed by atoms with Crippen molar-refractivity contribution in [1.29, 1.82) is 0 Å². The number of hydrogen-bond acceptors (Lipinski definition) is 2. The van der Waals surface area contributed by atoms with Crippen molar-refractivity contribution in [2.75, 3.05) is 0 Å². The van der Waals surface area contributed by atoms with Crippen LogP contribution in [-0.2, 0) is 12.8 Å². The average Bonchev–Trinajstić information content (AvgIpc) is 2.31. The molecule has 1 aromatic rings. The number of fused-ring (bicyclic) bond motifs is 1. The van der Waals surface area contributed by atoms with Gasteiger partial charge in [0.1, 0.15) is 0 Å². The van der Waals surface area contributed by atoms with Gasteiger partial charge in [-0.2, -0.15) is 0 Å². The Morgan fingerprint density at radius 1 is 1.33 bits per heavy atom. The lowest BCUT2D eigenvalue weighted by atomic mass is 10.0. The molecule has 1 heterocycles.